The van der Waals surface area contributed by atoms with E-state index in [1.54, 1.807) is 0 Å². The highest BCUT2D eigenvalue weighted by molar-refractivity contribution is 5.77. The van der Waals surface area contributed by atoms with Gasteiger partial charge in [-0.1, -0.05) is 56.5 Å². The Morgan fingerprint density at radius 3 is 2.53 bits per heavy atom. The number of hydrogen-bond donors (Lipinski definition) is 2. The molecule has 0 radical (unpaired) electrons. The second-order valence-electron chi connectivity index (χ2n) is 4.79. The van der Waals surface area contributed by atoms with Gasteiger partial charge in [0, 0.05) is 12.6 Å². The third-order valence-electron chi connectivity index (χ3n) is 3.18. The summed E-state index contributed by atoms with van der Waals surface area (Å²) in [6.45, 7) is 5.22. The van der Waals surface area contributed by atoms with E-state index in [2.05, 4.69) is 41.8 Å². The molecular formula is C16H26N2O. The molecule has 0 spiro atoms. The summed E-state index contributed by atoms with van der Waals surface area (Å²) in [6, 6.07) is 10.7. The average molecular weight is 262 g/mol. The number of likely N-dealkylation sites (N-methyl/N-ethyl adjacent to an activating group) is 1. The minimum Gasteiger partial charge on any atom is -0.355 e. The van der Waals surface area contributed by atoms with E-state index in [-0.39, 0.29) is 11.9 Å². The molecule has 2 N–H and O–H groups in total. The SMILES string of the molecule is CCCCCC(NCC(=O)NCC)c1ccccc1. The summed E-state index contributed by atoms with van der Waals surface area (Å²) < 4.78 is 0. The van der Waals surface area contributed by atoms with Crippen LogP contribution in [0, 0.1) is 0 Å². The molecule has 1 atom stereocenters. The summed E-state index contributed by atoms with van der Waals surface area (Å²) >= 11 is 0. The second-order valence-corrected chi connectivity index (χ2v) is 4.79. The molecule has 0 aliphatic carbocycles. The summed E-state index contributed by atoms with van der Waals surface area (Å²) in [7, 11) is 0. The predicted molar refractivity (Wildman–Crippen MR) is 80.0 cm³/mol. The average Bonchev–Trinajstić information content (AvgIpc) is 2.44. The molecule has 0 aromatic heterocycles. The Balaban J connectivity index is 2.52. The highest BCUT2D eigenvalue weighted by Crippen LogP contribution is 2.19. The number of amides is 1. The standard InChI is InChI=1S/C16H26N2O/c1-3-5-7-12-15(14-10-8-6-9-11-14)18-13-16(19)17-4-2/h6,8-11,15,18H,3-5,7,12-13H2,1-2H3,(H,17,19). The number of carbonyl (C=O) groups excluding carboxylic acids is 1. The fourth-order valence-corrected chi connectivity index (χ4v) is 2.15. The second kappa shape index (κ2) is 9.56. The van der Waals surface area contributed by atoms with Gasteiger partial charge in [-0.3, -0.25) is 4.79 Å². The van der Waals surface area contributed by atoms with Crippen LogP contribution < -0.4 is 10.6 Å². The van der Waals surface area contributed by atoms with E-state index in [0.717, 1.165) is 6.42 Å². The summed E-state index contributed by atoms with van der Waals surface area (Å²) in [5, 5.41) is 6.19. The fourth-order valence-electron chi connectivity index (χ4n) is 2.15. The van der Waals surface area contributed by atoms with Crippen molar-refractivity contribution in [1.29, 1.82) is 0 Å². The first-order valence-corrected chi connectivity index (χ1v) is 7.33. The van der Waals surface area contributed by atoms with Crippen LogP contribution in [0.3, 0.4) is 0 Å². The molecule has 0 aliphatic rings. The Morgan fingerprint density at radius 2 is 1.89 bits per heavy atom. The van der Waals surface area contributed by atoms with Gasteiger partial charge in [-0.15, -0.1) is 0 Å². The third kappa shape index (κ3) is 6.39. The molecule has 0 heterocycles. The quantitative estimate of drug-likeness (QED) is 0.672. The minimum atomic E-state index is 0.0684. The largest absolute Gasteiger partial charge is 0.355 e. The maximum absolute atomic E-state index is 11.5. The zero-order chi connectivity index (χ0) is 13.9. The lowest BCUT2D eigenvalue weighted by Gasteiger charge is -2.19. The first-order valence-electron chi connectivity index (χ1n) is 7.33. The first-order chi connectivity index (χ1) is 9.27. The molecular weight excluding hydrogens is 236 g/mol. The van der Waals surface area contributed by atoms with Crippen LogP contribution >= 0.6 is 0 Å². The van der Waals surface area contributed by atoms with Crippen LogP contribution in [0.4, 0.5) is 0 Å². The summed E-state index contributed by atoms with van der Waals surface area (Å²) in [4.78, 5) is 11.5. The number of unbranched alkanes of at least 4 members (excludes halogenated alkanes) is 2. The normalized spacial score (nSPS) is 12.1. The van der Waals surface area contributed by atoms with Gasteiger partial charge in [0.05, 0.1) is 6.54 Å². The van der Waals surface area contributed by atoms with Crippen molar-refractivity contribution in [2.24, 2.45) is 0 Å². The van der Waals surface area contributed by atoms with Gasteiger partial charge in [-0.25, -0.2) is 0 Å². The molecule has 0 saturated carbocycles. The Bertz CT molecular complexity index is 351. The molecule has 1 aromatic carbocycles. The van der Waals surface area contributed by atoms with Gasteiger partial charge in [-0.2, -0.15) is 0 Å². The van der Waals surface area contributed by atoms with Gasteiger partial charge in [0.15, 0.2) is 0 Å². The summed E-state index contributed by atoms with van der Waals surface area (Å²) in [5.41, 5.74) is 1.27. The zero-order valence-electron chi connectivity index (χ0n) is 12.1. The van der Waals surface area contributed by atoms with E-state index in [1.165, 1.54) is 24.8 Å². The van der Waals surface area contributed by atoms with Crippen molar-refractivity contribution in [3.05, 3.63) is 35.9 Å². The first kappa shape index (κ1) is 15.7. The van der Waals surface area contributed by atoms with Crippen molar-refractivity contribution >= 4 is 5.91 Å². The van der Waals surface area contributed by atoms with Crippen molar-refractivity contribution in [1.82, 2.24) is 10.6 Å². The lowest BCUT2D eigenvalue weighted by molar-refractivity contribution is -0.120. The minimum absolute atomic E-state index is 0.0684. The lowest BCUT2D eigenvalue weighted by Crippen LogP contribution is -2.35. The predicted octanol–water partition coefficient (Wildman–Crippen LogP) is 3.03. The Morgan fingerprint density at radius 1 is 1.16 bits per heavy atom. The van der Waals surface area contributed by atoms with E-state index >= 15 is 0 Å². The Kier molecular flexibility index (Phi) is 7.91. The monoisotopic (exact) mass is 262 g/mol. The molecule has 0 fully saturated rings. The van der Waals surface area contributed by atoms with Crippen molar-refractivity contribution < 1.29 is 4.79 Å². The van der Waals surface area contributed by atoms with Gasteiger partial charge >= 0.3 is 0 Å². The van der Waals surface area contributed by atoms with Crippen LogP contribution in [0.25, 0.3) is 0 Å². The maximum atomic E-state index is 11.5. The molecule has 1 amide bonds. The van der Waals surface area contributed by atoms with Gasteiger partial charge in [0.2, 0.25) is 5.91 Å². The number of benzene rings is 1. The lowest BCUT2D eigenvalue weighted by atomic mass is 10.0. The van der Waals surface area contributed by atoms with Crippen molar-refractivity contribution in [2.45, 2.75) is 45.6 Å². The van der Waals surface area contributed by atoms with Crippen LogP contribution in [0.1, 0.15) is 51.1 Å². The van der Waals surface area contributed by atoms with Crippen LogP contribution in [0.2, 0.25) is 0 Å². The number of rotatable bonds is 9. The van der Waals surface area contributed by atoms with E-state index in [4.69, 9.17) is 0 Å². The highest BCUT2D eigenvalue weighted by Gasteiger charge is 2.11. The molecule has 1 unspecified atom stereocenters. The number of nitrogens with one attached hydrogen (secondary N) is 2. The molecule has 0 saturated heterocycles. The molecule has 106 valence electrons. The molecule has 0 bridgehead atoms. The van der Waals surface area contributed by atoms with Gasteiger partial charge in [0.1, 0.15) is 0 Å². The van der Waals surface area contributed by atoms with Crippen LogP contribution in [-0.4, -0.2) is 19.0 Å². The van der Waals surface area contributed by atoms with Crippen LogP contribution in [0.15, 0.2) is 30.3 Å². The summed E-state index contributed by atoms with van der Waals surface area (Å²) in [5.74, 6) is 0.0684. The van der Waals surface area contributed by atoms with E-state index in [9.17, 15) is 4.79 Å². The van der Waals surface area contributed by atoms with E-state index < -0.39 is 0 Å². The smallest absolute Gasteiger partial charge is 0.233 e. The topological polar surface area (TPSA) is 41.1 Å². The van der Waals surface area contributed by atoms with E-state index in [0.29, 0.717) is 13.1 Å². The maximum Gasteiger partial charge on any atom is 0.233 e. The molecule has 0 aliphatic heterocycles. The molecule has 1 rings (SSSR count). The van der Waals surface area contributed by atoms with Gasteiger partial charge in [-0.05, 0) is 18.9 Å². The van der Waals surface area contributed by atoms with Crippen molar-refractivity contribution in [2.75, 3.05) is 13.1 Å². The molecule has 1 aromatic rings. The third-order valence-corrected chi connectivity index (χ3v) is 3.18. The van der Waals surface area contributed by atoms with E-state index in [1.807, 2.05) is 13.0 Å². The van der Waals surface area contributed by atoms with Crippen LogP contribution in [0.5, 0.6) is 0 Å². The van der Waals surface area contributed by atoms with Crippen LogP contribution in [-0.2, 0) is 4.79 Å². The number of carbonyl (C=O) groups is 1. The van der Waals surface area contributed by atoms with Crippen molar-refractivity contribution in [3.8, 4) is 0 Å². The Hall–Kier alpha value is -1.35. The number of hydrogen-bond acceptors (Lipinski definition) is 2. The summed E-state index contributed by atoms with van der Waals surface area (Å²) in [6.07, 6.45) is 4.74. The molecule has 3 nitrogen and oxygen atoms in total. The highest BCUT2D eigenvalue weighted by atomic mass is 16.1. The molecule has 3 heteroatoms. The van der Waals surface area contributed by atoms with Crippen molar-refractivity contribution in [3.63, 3.8) is 0 Å². The Labute approximate surface area is 116 Å². The fraction of sp³-hybridized carbons (Fsp3) is 0.562. The van der Waals surface area contributed by atoms with Gasteiger partial charge < -0.3 is 10.6 Å². The zero-order valence-corrected chi connectivity index (χ0v) is 12.1. The molecule has 19 heavy (non-hydrogen) atoms. The van der Waals surface area contributed by atoms with Gasteiger partial charge in [0.25, 0.3) is 0 Å².